The summed E-state index contributed by atoms with van der Waals surface area (Å²) in [6.07, 6.45) is 0. The number of hydrogen-bond acceptors (Lipinski definition) is 4. The van der Waals surface area contributed by atoms with Gasteiger partial charge in [0.15, 0.2) is 0 Å². The van der Waals surface area contributed by atoms with Crippen molar-refractivity contribution in [1.82, 2.24) is 0 Å². The number of hydrogen-bond donors (Lipinski definition) is 2. The first-order valence-corrected chi connectivity index (χ1v) is 3.38. The minimum atomic E-state index is -0.576. The summed E-state index contributed by atoms with van der Waals surface area (Å²) in [5, 5.41) is 0. The molecule has 0 heterocycles. The molecule has 11 heavy (non-hydrogen) atoms. The minimum absolute atomic E-state index is 0. The van der Waals surface area contributed by atoms with Gasteiger partial charge in [0.05, 0.1) is 6.61 Å². The molecule has 1 atom stereocenters. The summed E-state index contributed by atoms with van der Waals surface area (Å²) in [5.74, 6) is -0.0498. The van der Waals surface area contributed by atoms with E-state index in [0.717, 1.165) is 0 Å². The Labute approximate surface area is 84.3 Å². The smallest absolute Gasteiger partial charge is 0.323 e. The maximum atomic E-state index is 10.6. The molecule has 0 rings (SSSR count). The molecule has 0 aliphatic rings. The molecular formula is C5H13Cl2NO2S. The van der Waals surface area contributed by atoms with Gasteiger partial charge in [0, 0.05) is 5.75 Å². The SMILES string of the molecule is CCOC(=O)C(N)CS.Cl.Cl. The van der Waals surface area contributed by atoms with Crippen molar-refractivity contribution in [3.05, 3.63) is 0 Å². The zero-order chi connectivity index (χ0) is 7.28. The van der Waals surface area contributed by atoms with Crippen molar-refractivity contribution in [2.24, 2.45) is 5.73 Å². The van der Waals surface area contributed by atoms with Crippen molar-refractivity contribution in [3.63, 3.8) is 0 Å². The molecule has 0 aromatic carbocycles. The molecule has 0 bridgehead atoms. The Morgan fingerprint density at radius 1 is 1.64 bits per heavy atom. The van der Waals surface area contributed by atoms with E-state index in [1.165, 1.54) is 0 Å². The molecule has 0 saturated carbocycles. The zero-order valence-corrected chi connectivity index (χ0v) is 8.68. The van der Waals surface area contributed by atoms with E-state index < -0.39 is 6.04 Å². The van der Waals surface area contributed by atoms with E-state index >= 15 is 0 Å². The van der Waals surface area contributed by atoms with Crippen molar-refractivity contribution in [2.45, 2.75) is 13.0 Å². The number of nitrogens with two attached hydrogens (primary N) is 1. The lowest BCUT2D eigenvalue weighted by molar-refractivity contribution is -0.144. The fourth-order valence-electron chi connectivity index (χ4n) is 0.324. The van der Waals surface area contributed by atoms with Gasteiger partial charge in [-0.2, -0.15) is 12.6 Å². The Bertz CT molecular complexity index is 104. The second-order valence-electron chi connectivity index (χ2n) is 1.54. The van der Waals surface area contributed by atoms with Crippen LogP contribution in [0.2, 0.25) is 0 Å². The Morgan fingerprint density at radius 3 is 2.36 bits per heavy atom. The molecule has 0 saturated heterocycles. The summed E-state index contributed by atoms with van der Waals surface area (Å²) in [5.41, 5.74) is 5.25. The third kappa shape index (κ3) is 8.26. The molecule has 0 aliphatic heterocycles. The van der Waals surface area contributed by atoms with Gasteiger partial charge in [-0.05, 0) is 6.92 Å². The van der Waals surface area contributed by atoms with Crippen LogP contribution in [0.5, 0.6) is 0 Å². The fraction of sp³-hybridized carbons (Fsp3) is 0.800. The average molecular weight is 222 g/mol. The van der Waals surface area contributed by atoms with Crippen LogP contribution in [0, 0.1) is 0 Å². The number of carbonyl (C=O) groups is 1. The van der Waals surface area contributed by atoms with Gasteiger partial charge in [0.1, 0.15) is 6.04 Å². The van der Waals surface area contributed by atoms with E-state index in [4.69, 9.17) is 5.73 Å². The van der Waals surface area contributed by atoms with Crippen molar-refractivity contribution in [1.29, 1.82) is 0 Å². The highest BCUT2D eigenvalue weighted by Gasteiger charge is 2.10. The predicted molar refractivity (Wildman–Crippen MR) is 53.0 cm³/mol. The molecule has 3 nitrogen and oxygen atoms in total. The summed E-state index contributed by atoms with van der Waals surface area (Å²) < 4.78 is 4.58. The number of ether oxygens (including phenoxy) is 1. The lowest BCUT2D eigenvalue weighted by Crippen LogP contribution is -2.33. The van der Waals surface area contributed by atoms with Gasteiger partial charge >= 0.3 is 5.97 Å². The second kappa shape index (κ2) is 10.4. The molecule has 0 amide bonds. The van der Waals surface area contributed by atoms with Gasteiger partial charge in [-0.1, -0.05) is 0 Å². The van der Waals surface area contributed by atoms with Crippen LogP contribution in [0.25, 0.3) is 0 Å². The maximum Gasteiger partial charge on any atom is 0.323 e. The number of halogens is 2. The van der Waals surface area contributed by atoms with E-state index in [2.05, 4.69) is 17.4 Å². The van der Waals surface area contributed by atoms with Crippen molar-refractivity contribution in [2.75, 3.05) is 12.4 Å². The van der Waals surface area contributed by atoms with E-state index in [1.807, 2.05) is 0 Å². The van der Waals surface area contributed by atoms with Crippen LogP contribution < -0.4 is 5.73 Å². The summed E-state index contributed by atoms with van der Waals surface area (Å²) >= 11 is 3.82. The van der Waals surface area contributed by atoms with Gasteiger partial charge in [0.25, 0.3) is 0 Å². The normalized spacial score (nSPS) is 10.5. The third-order valence-electron chi connectivity index (χ3n) is 0.786. The molecular weight excluding hydrogens is 209 g/mol. The van der Waals surface area contributed by atoms with Crippen LogP contribution in [0.3, 0.4) is 0 Å². The molecule has 0 spiro atoms. The van der Waals surface area contributed by atoms with E-state index in [-0.39, 0.29) is 30.8 Å². The van der Waals surface area contributed by atoms with Gasteiger partial charge in [0.2, 0.25) is 0 Å². The predicted octanol–water partition coefficient (Wildman–Crippen LogP) is 0.650. The van der Waals surface area contributed by atoms with Crippen LogP contribution >= 0.6 is 37.4 Å². The quantitative estimate of drug-likeness (QED) is 0.544. The van der Waals surface area contributed by atoms with Crippen molar-refractivity contribution >= 4 is 43.4 Å². The number of thiol groups is 1. The average Bonchev–Trinajstić information content (AvgIpc) is 1.87. The monoisotopic (exact) mass is 221 g/mol. The summed E-state index contributed by atoms with van der Waals surface area (Å²) in [4.78, 5) is 10.6. The second-order valence-corrected chi connectivity index (χ2v) is 1.91. The third-order valence-corrected chi connectivity index (χ3v) is 1.18. The molecule has 0 aromatic rings. The molecule has 0 aromatic heterocycles. The highest BCUT2D eigenvalue weighted by molar-refractivity contribution is 7.80. The number of esters is 1. The highest BCUT2D eigenvalue weighted by atomic mass is 35.5. The summed E-state index contributed by atoms with van der Waals surface area (Å²) in [6, 6.07) is -0.576. The lowest BCUT2D eigenvalue weighted by atomic mass is 10.4. The first-order chi connectivity index (χ1) is 4.22. The van der Waals surface area contributed by atoms with Crippen molar-refractivity contribution in [3.8, 4) is 0 Å². The maximum absolute atomic E-state index is 10.6. The molecule has 6 heteroatoms. The molecule has 0 fully saturated rings. The molecule has 2 N–H and O–H groups in total. The zero-order valence-electron chi connectivity index (χ0n) is 6.15. The van der Waals surface area contributed by atoms with E-state index in [0.29, 0.717) is 12.4 Å². The Balaban J connectivity index is -0.000000320. The molecule has 70 valence electrons. The summed E-state index contributed by atoms with van der Waals surface area (Å²) in [6.45, 7) is 2.11. The summed E-state index contributed by atoms with van der Waals surface area (Å²) in [7, 11) is 0. The Morgan fingerprint density at radius 2 is 2.09 bits per heavy atom. The Hall–Kier alpha value is 0.360. The van der Waals surface area contributed by atoms with E-state index in [1.54, 1.807) is 6.92 Å². The Kier molecular flexibility index (Phi) is 16.4. The van der Waals surface area contributed by atoms with Crippen LogP contribution in [0.1, 0.15) is 6.92 Å². The van der Waals surface area contributed by atoms with Crippen molar-refractivity contribution < 1.29 is 9.53 Å². The van der Waals surface area contributed by atoms with Crippen LogP contribution in [0.15, 0.2) is 0 Å². The van der Waals surface area contributed by atoms with Crippen LogP contribution in [-0.2, 0) is 9.53 Å². The number of rotatable bonds is 3. The highest BCUT2D eigenvalue weighted by Crippen LogP contribution is 1.87. The topological polar surface area (TPSA) is 52.3 Å². The molecule has 1 unspecified atom stereocenters. The minimum Gasteiger partial charge on any atom is -0.465 e. The van der Waals surface area contributed by atoms with Gasteiger partial charge < -0.3 is 10.5 Å². The van der Waals surface area contributed by atoms with Gasteiger partial charge in [-0.25, -0.2) is 0 Å². The van der Waals surface area contributed by atoms with Crippen LogP contribution in [-0.4, -0.2) is 24.4 Å². The van der Waals surface area contributed by atoms with Gasteiger partial charge in [-0.3, -0.25) is 4.79 Å². The molecule has 0 radical (unpaired) electrons. The van der Waals surface area contributed by atoms with Gasteiger partial charge in [-0.15, -0.1) is 24.8 Å². The fourth-order valence-corrected chi connectivity index (χ4v) is 0.473. The van der Waals surface area contributed by atoms with Crippen LogP contribution in [0.4, 0.5) is 0 Å². The first-order valence-electron chi connectivity index (χ1n) is 2.75. The standard InChI is InChI=1S/C5H11NO2S.2ClH/c1-2-8-5(7)4(6)3-9;;/h4,9H,2-3,6H2,1H3;2*1H. The lowest BCUT2D eigenvalue weighted by Gasteiger charge is -2.05. The van der Waals surface area contributed by atoms with E-state index in [9.17, 15) is 4.79 Å². The largest absolute Gasteiger partial charge is 0.465 e. The molecule has 0 aliphatic carbocycles. The first kappa shape index (κ1) is 17.4. The number of carbonyl (C=O) groups excluding carboxylic acids is 1.